The molecule has 2 aliphatic heterocycles. The zero-order valence-electron chi connectivity index (χ0n) is 40.3. The summed E-state index contributed by atoms with van der Waals surface area (Å²) in [6.07, 6.45) is -1.04. The molecule has 0 unspecified atom stereocenters. The number of Topliss-reactive ketones (excluding diaryl/α,β-unsaturated/α-hetero) is 1. The van der Waals surface area contributed by atoms with Crippen molar-refractivity contribution in [3.05, 3.63) is 172 Å². The van der Waals surface area contributed by atoms with Crippen molar-refractivity contribution in [2.75, 3.05) is 14.2 Å². The average Bonchev–Trinajstić information content (AvgIpc) is 3.64. The molecule has 2 heterocycles. The van der Waals surface area contributed by atoms with E-state index in [-0.39, 0.29) is 37.4 Å². The van der Waals surface area contributed by atoms with Gasteiger partial charge in [-0.3, -0.25) is 4.79 Å². The Kier molecular flexibility index (Phi) is 14.4. The van der Waals surface area contributed by atoms with Gasteiger partial charge in [0.25, 0.3) is 0 Å². The van der Waals surface area contributed by atoms with Crippen molar-refractivity contribution in [3.63, 3.8) is 0 Å². The number of hydrogen-bond donors (Lipinski definition) is 0. The van der Waals surface area contributed by atoms with Crippen molar-refractivity contribution < 1.29 is 52.2 Å². The van der Waals surface area contributed by atoms with Crippen LogP contribution in [0, 0.1) is 0 Å². The van der Waals surface area contributed by atoms with Crippen LogP contribution in [0.1, 0.15) is 92.0 Å². The van der Waals surface area contributed by atoms with Crippen molar-refractivity contribution in [3.8, 4) is 17.2 Å². The summed E-state index contributed by atoms with van der Waals surface area (Å²) in [5, 5.41) is 1.16. The standard InChI is InChI=1S/C58H62O11/c1-38-52(64-35-40-21-13-8-14-22-40)47(63-34-39-19-11-7-12-20-39)31-46(67-38)43-27-28-44-50(54(43)65-36-41-23-15-9-16-24-41)53(61-5)45(29-30-59)51(55(44)62-6)58-48(60)32-57(4,33-49(58)68-56(2,3)69-58)66-37-42-25-17-10-18-26-42/h7-28,30,38,46-47,49,52H,29,31-37H2,1-6H3/t38-,46-,47-,49-,52-,57-,58+/m1/s1. The fourth-order valence-corrected chi connectivity index (χ4v) is 10.5. The summed E-state index contributed by atoms with van der Waals surface area (Å²) in [5.74, 6) is -0.253. The van der Waals surface area contributed by atoms with Gasteiger partial charge >= 0.3 is 0 Å². The van der Waals surface area contributed by atoms with Crippen molar-refractivity contribution in [1.82, 2.24) is 0 Å². The minimum Gasteiger partial charge on any atom is -0.496 e. The van der Waals surface area contributed by atoms with Crippen LogP contribution in [0.25, 0.3) is 10.8 Å². The molecule has 3 aliphatic rings. The lowest BCUT2D eigenvalue weighted by Crippen LogP contribution is -2.56. The Bertz CT molecular complexity index is 2710. The topological polar surface area (TPSA) is 117 Å². The summed E-state index contributed by atoms with van der Waals surface area (Å²) < 4.78 is 60.5. The number of methoxy groups -OCH3 is 2. The van der Waals surface area contributed by atoms with Crippen LogP contribution in [0.15, 0.2) is 133 Å². The first-order chi connectivity index (χ1) is 33.5. The number of rotatable bonds is 18. The molecule has 1 aliphatic carbocycles. The lowest BCUT2D eigenvalue weighted by Gasteiger charge is -2.45. The van der Waals surface area contributed by atoms with E-state index in [2.05, 4.69) is 12.1 Å². The Morgan fingerprint density at radius 1 is 0.681 bits per heavy atom. The summed E-state index contributed by atoms with van der Waals surface area (Å²) in [6, 6.07) is 43.9. The third-order valence-corrected chi connectivity index (χ3v) is 13.6. The average molecular weight is 935 g/mol. The molecule has 360 valence electrons. The fraction of sp³-hybridized carbons (Fsp3) is 0.379. The minimum atomic E-state index is -1.69. The maximum atomic E-state index is 15.3. The first-order valence-corrected chi connectivity index (χ1v) is 23.9. The molecule has 7 atom stereocenters. The Morgan fingerprint density at radius 3 is 1.83 bits per heavy atom. The number of carbonyl (C=O) groups excluding carboxylic acids is 2. The molecule has 2 saturated heterocycles. The van der Waals surface area contributed by atoms with E-state index in [0.717, 1.165) is 34.1 Å². The molecule has 1 saturated carbocycles. The highest BCUT2D eigenvalue weighted by Gasteiger charge is 2.66. The zero-order chi connectivity index (χ0) is 48.2. The van der Waals surface area contributed by atoms with Crippen molar-refractivity contribution >= 4 is 22.8 Å². The van der Waals surface area contributed by atoms with Gasteiger partial charge in [0.05, 0.1) is 63.3 Å². The minimum absolute atomic E-state index is 0.0188. The molecule has 0 bridgehead atoms. The molecule has 0 radical (unpaired) electrons. The van der Waals surface area contributed by atoms with Gasteiger partial charge < -0.3 is 47.4 Å². The molecule has 69 heavy (non-hydrogen) atoms. The van der Waals surface area contributed by atoms with Crippen molar-refractivity contribution in [1.29, 1.82) is 0 Å². The molecule has 9 rings (SSSR count). The summed E-state index contributed by atoms with van der Waals surface area (Å²) in [4.78, 5) is 28.3. The van der Waals surface area contributed by atoms with Gasteiger partial charge in [-0.15, -0.1) is 0 Å². The van der Waals surface area contributed by atoms with Gasteiger partial charge in [-0.05, 0) is 56.0 Å². The van der Waals surface area contributed by atoms with Crippen molar-refractivity contribution in [2.45, 2.75) is 127 Å². The highest BCUT2D eigenvalue weighted by molar-refractivity contribution is 6.04. The Hall–Kier alpha value is -5.92. The predicted molar refractivity (Wildman–Crippen MR) is 261 cm³/mol. The second-order valence-electron chi connectivity index (χ2n) is 19.0. The summed E-state index contributed by atoms with van der Waals surface area (Å²) in [6.45, 7) is 8.86. The number of ketones is 1. The van der Waals surface area contributed by atoms with Gasteiger partial charge in [-0.2, -0.15) is 0 Å². The van der Waals surface area contributed by atoms with Crippen LogP contribution in [0.3, 0.4) is 0 Å². The lowest BCUT2D eigenvalue weighted by molar-refractivity contribution is -0.204. The number of ether oxygens (including phenoxy) is 9. The van der Waals surface area contributed by atoms with E-state index in [0.29, 0.717) is 71.8 Å². The molecule has 11 nitrogen and oxygen atoms in total. The molecule has 0 spiro atoms. The third-order valence-electron chi connectivity index (χ3n) is 13.6. The van der Waals surface area contributed by atoms with E-state index in [1.807, 2.05) is 135 Å². The molecule has 0 N–H and O–H groups in total. The van der Waals surface area contributed by atoms with E-state index in [9.17, 15) is 4.79 Å². The second kappa shape index (κ2) is 20.6. The van der Waals surface area contributed by atoms with Crippen molar-refractivity contribution in [2.24, 2.45) is 0 Å². The number of benzene rings is 6. The van der Waals surface area contributed by atoms with Crippen LogP contribution < -0.4 is 14.2 Å². The van der Waals surface area contributed by atoms with E-state index in [1.165, 1.54) is 0 Å². The maximum absolute atomic E-state index is 15.3. The number of hydrogen-bond acceptors (Lipinski definition) is 11. The van der Waals surface area contributed by atoms with Gasteiger partial charge in [0.2, 0.25) is 0 Å². The molecule has 0 aromatic heterocycles. The first-order valence-electron chi connectivity index (χ1n) is 23.9. The van der Waals surface area contributed by atoms with E-state index < -0.39 is 35.3 Å². The second-order valence-corrected chi connectivity index (χ2v) is 19.0. The molecule has 6 aromatic carbocycles. The van der Waals surface area contributed by atoms with E-state index in [4.69, 9.17) is 42.6 Å². The summed E-state index contributed by atoms with van der Waals surface area (Å²) >= 11 is 0. The normalized spacial score (nSPS) is 25.2. The first kappa shape index (κ1) is 48.1. The van der Waals surface area contributed by atoms with Gasteiger partial charge in [0.15, 0.2) is 17.2 Å². The van der Waals surface area contributed by atoms with Gasteiger partial charge in [-0.25, -0.2) is 0 Å². The number of fused-ring (bicyclic) bond motifs is 2. The highest BCUT2D eigenvalue weighted by atomic mass is 16.8. The Morgan fingerprint density at radius 2 is 1.25 bits per heavy atom. The molecule has 6 aromatic rings. The molecular formula is C58H62O11. The smallest absolute Gasteiger partial charge is 0.185 e. The van der Waals surface area contributed by atoms with Gasteiger partial charge in [0, 0.05) is 47.8 Å². The summed E-state index contributed by atoms with van der Waals surface area (Å²) in [7, 11) is 3.13. The lowest BCUT2D eigenvalue weighted by atomic mass is 9.68. The monoisotopic (exact) mass is 934 g/mol. The van der Waals surface area contributed by atoms with Crippen LogP contribution in [0.2, 0.25) is 0 Å². The maximum Gasteiger partial charge on any atom is 0.185 e. The molecular weight excluding hydrogens is 873 g/mol. The number of carbonyl (C=O) groups is 2. The number of aldehydes is 1. The van der Waals surface area contributed by atoms with E-state index in [1.54, 1.807) is 28.1 Å². The zero-order valence-corrected chi connectivity index (χ0v) is 40.3. The molecule has 0 amide bonds. The quantitative estimate of drug-likeness (QED) is 0.0767. The van der Waals surface area contributed by atoms with Crippen LogP contribution in [-0.4, -0.2) is 62.1 Å². The van der Waals surface area contributed by atoms with Crippen LogP contribution >= 0.6 is 0 Å². The van der Waals surface area contributed by atoms with E-state index >= 15 is 4.79 Å². The van der Waals surface area contributed by atoms with Crippen LogP contribution in [0.4, 0.5) is 0 Å². The largest absolute Gasteiger partial charge is 0.496 e. The molecule has 3 fully saturated rings. The molecule has 11 heteroatoms. The third kappa shape index (κ3) is 9.95. The fourth-order valence-electron chi connectivity index (χ4n) is 10.5. The Balaban J connectivity index is 1.17. The van der Waals surface area contributed by atoms with Crippen LogP contribution in [0.5, 0.6) is 17.2 Å². The van der Waals surface area contributed by atoms with Gasteiger partial charge in [-0.1, -0.05) is 127 Å². The Labute approximate surface area is 404 Å². The van der Waals surface area contributed by atoms with Crippen LogP contribution in [-0.2, 0) is 76.5 Å². The highest BCUT2D eigenvalue weighted by Crippen LogP contribution is 2.59. The SMILES string of the molecule is COc1c([C@@]23OC(C)(C)O[C@@H]2C[C@](C)(OCc2ccccc2)CC3=O)c(CC=O)c(OC)c2c(OCc3ccccc3)c([C@H]3C[C@@H](OCc4ccccc4)[C@H](OCc4ccccc4)[C@@H](C)O3)ccc12. The van der Waals surface area contributed by atoms with Gasteiger partial charge in [0.1, 0.15) is 42.3 Å². The predicted octanol–water partition coefficient (Wildman–Crippen LogP) is 10.9. The summed E-state index contributed by atoms with van der Waals surface area (Å²) in [5.41, 5.74) is 3.04.